The van der Waals surface area contributed by atoms with Gasteiger partial charge in [0.15, 0.2) is 11.6 Å². The van der Waals surface area contributed by atoms with Gasteiger partial charge in [0.25, 0.3) is 0 Å². The highest BCUT2D eigenvalue weighted by Crippen LogP contribution is 2.40. The van der Waals surface area contributed by atoms with E-state index in [2.05, 4.69) is 16.5 Å². The number of carbonyl (C=O) groups excluding carboxylic acids is 1. The largest absolute Gasteiger partial charge is 0.335 e. The average molecular weight is 580 g/mol. The number of hydrogen-bond acceptors (Lipinski definition) is 2. The van der Waals surface area contributed by atoms with E-state index in [0.717, 1.165) is 17.0 Å². The van der Waals surface area contributed by atoms with Crippen molar-refractivity contribution in [2.45, 2.75) is 18.9 Å². The van der Waals surface area contributed by atoms with E-state index in [1.54, 1.807) is 37.6 Å². The first-order valence-corrected chi connectivity index (χ1v) is 15.7. The smallest absolute Gasteiger partial charge is 0.244 e. The van der Waals surface area contributed by atoms with E-state index in [9.17, 15) is 13.8 Å². The van der Waals surface area contributed by atoms with E-state index >= 15 is 8.78 Å². The predicted octanol–water partition coefficient (Wildman–Crippen LogP) is 6.12. The highest BCUT2D eigenvalue weighted by molar-refractivity contribution is 7.96. The van der Waals surface area contributed by atoms with Gasteiger partial charge in [0.05, 0.1) is 17.4 Å². The molecule has 0 bridgehead atoms. The van der Waals surface area contributed by atoms with Crippen LogP contribution in [0.3, 0.4) is 0 Å². The average Bonchev–Trinajstić information content (AvgIpc) is 2.87. The maximum absolute atomic E-state index is 15.4. The zero-order chi connectivity index (χ0) is 27.6. The van der Waals surface area contributed by atoms with E-state index in [4.69, 9.17) is 11.6 Å². The molecule has 1 saturated heterocycles. The molecule has 0 spiro atoms. The van der Waals surface area contributed by atoms with Crippen LogP contribution in [0.2, 0.25) is 5.02 Å². The van der Waals surface area contributed by atoms with Crippen LogP contribution in [0.15, 0.2) is 54.6 Å². The summed E-state index contributed by atoms with van der Waals surface area (Å²) < 4.78 is 57.8. The molecule has 1 fully saturated rings. The minimum atomic E-state index is -2.77. The Morgan fingerprint density at radius 2 is 1.82 bits per heavy atom. The molecule has 1 atom stereocenters. The summed E-state index contributed by atoms with van der Waals surface area (Å²) in [4.78, 5) is 14.5. The van der Waals surface area contributed by atoms with Crippen molar-refractivity contribution in [1.29, 1.82) is 0 Å². The summed E-state index contributed by atoms with van der Waals surface area (Å²) in [6.45, 7) is 3.34. The van der Waals surface area contributed by atoms with Crippen molar-refractivity contribution >= 4 is 63.3 Å². The SMILES string of the molecule is C=S=C(Nc1ccc(Cl)cc1F)N[C@@H]1CCCN(c2ccc(-c3ccccc3P(C)(C)=O)c(F)c2F)C1=O. The summed E-state index contributed by atoms with van der Waals surface area (Å²) in [5, 5.41) is 6.86. The second-order valence-corrected chi connectivity index (χ2v) is 13.5. The summed E-state index contributed by atoms with van der Waals surface area (Å²) >= 11 is 5.80. The zero-order valence-electron chi connectivity index (χ0n) is 20.7. The normalized spacial score (nSPS) is 15.9. The summed E-state index contributed by atoms with van der Waals surface area (Å²) in [7, 11) is -1.77. The van der Waals surface area contributed by atoms with E-state index in [1.807, 2.05) is 0 Å². The molecule has 1 amide bonds. The Morgan fingerprint density at radius 1 is 1.08 bits per heavy atom. The van der Waals surface area contributed by atoms with Crippen molar-refractivity contribution in [2.24, 2.45) is 0 Å². The van der Waals surface area contributed by atoms with Gasteiger partial charge in [-0.25, -0.2) is 13.2 Å². The van der Waals surface area contributed by atoms with Crippen LogP contribution in [0.25, 0.3) is 11.1 Å². The maximum Gasteiger partial charge on any atom is 0.244 e. The minimum absolute atomic E-state index is 0.0248. The van der Waals surface area contributed by atoms with E-state index < -0.39 is 36.5 Å². The Kier molecular flexibility index (Phi) is 8.52. The number of nitrogens with one attached hydrogen (secondary N) is 2. The Hall–Kier alpha value is -2.84. The summed E-state index contributed by atoms with van der Waals surface area (Å²) in [5.74, 6) is 0.418. The van der Waals surface area contributed by atoms with Crippen molar-refractivity contribution in [3.63, 3.8) is 0 Å². The van der Waals surface area contributed by atoms with E-state index in [1.165, 1.54) is 29.2 Å². The summed E-state index contributed by atoms with van der Waals surface area (Å²) in [6, 6.07) is 12.7. The Labute approximate surface area is 227 Å². The fourth-order valence-electron chi connectivity index (χ4n) is 4.36. The fourth-order valence-corrected chi connectivity index (χ4v) is 6.15. The second kappa shape index (κ2) is 11.5. The number of halogens is 4. The molecule has 0 saturated carbocycles. The van der Waals surface area contributed by atoms with Crippen molar-refractivity contribution in [2.75, 3.05) is 30.1 Å². The lowest BCUT2D eigenvalue weighted by molar-refractivity contribution is -0.121. The topological polar surface area (TPSA) is 61.4 Å². The van der Waals surface area contributed by atoms with Crippen LogP contribution in [-0.2, 0) is 9.36 Å². The molecule has 1 aliphatic heterocycles. The molecule has 200 valence electrons. The number of hydrogen-bond donors (Lipinski definition) is 2. The number of nitrogens with zero attached hydrogens (tertiary/aromatic N) is 1. The third kappa shape index (κ3) is 5.91. The quantitative estimate of drug-likeness (QED) is 0.282. The highest BCUT2D eigenvalue weighted by atomic mass is 35.5. The van der Waals surface area contributed by atoms with E-state index in [-0.39, 0.29) is 28.5 Å². The number of piperidine rings is 1. The number of carbonyl (C=O) groups is 1. The van der Waals surface area contributed by atoms with Crippen LogP contribution in [0.4, 0.5) is 24.5 Å². The van der Waals surface area contributed by atoms with E-state index in [0.29, 0.717) is 28.8 Å². The van der Waals surface area contributed by atoms with Crippen molar-refractivity contribution < 1.29 is 22.5 Å². The standard InChI is InChI=1S/C27H26ClF3N3O2PS/c1-37(2,36)23-9-5-4-7-17(23)18-11-13-22(25(31)24(18)30)34-14-6-8-21(26(34)35)33-27(38-3)32-20-12-10-16(28)15-19(20)29/h4-5,7,9-13,15,21,32-33H,3,6,8,14H2,1-2H3/t21-/m1/s1. The Morgan fingerprint density at radius 3 is 2.50 bits per heavy atom. The molecule has 5 nitrogen and oxygen atoms in total. The van der Waals surface area contributed by atoms with Gasteiger partial charge >= 0.3 is 0 Å². The molecular weight excluding hydrogens is 554 g/mol. The zero-order valence-corrected chi connectivity index (χ0v) is 23.2. The van der Waals surface area contributed by atoms with Gasteiger partial charge in [-0.05, 0) is 67.9 Å². The monoisotopic (exact) mass is 579 g/mol. The van der Waals surface area contributed by atoms with Crippen LogP contribution < -0.4 is 20.8 Å². The lowest BCUT2D eigenvalue weighted by atomic mass is 10.0. The third-order valence-corrected chi connectivity index (χ3v) is 8.49. The minimum Gasteiger partial charge on any atom is -0.335 e. The van der Waals surface area contributed by atoms with Gasteiger partial charge in [-0.15, -0.1) is 10.9 Å². The molecule has 0 aromatic heterocycles. The van der Waals surface area contributed by atoms with Crippen LogP contribution in [0, 0.1) is 17.5 Å². The van der Waals surface area contributed by atoms with Gasteiger partial charge in [-0.2, -0.15) is 0 Å². The fraction of sp³-hybridized carbons (Fsp3) is 0.222. The van der Waals surface area contributed by atoms with Gasteiger partial charge in [0.1, 0.15) is 18.1 Å². The van der Waals surface area contributed by atoms with Gasteiger partial charge in [-0.1, -0.05) is 35.9 Å². The second-order valence-electron chi connectivity index (χ2n) is 9.18. The van der Waals surface area contributed by atoms with Crippen molar-refractivity contribution in [3.05, 3.63) is 77.1 Å². The first-order valence-electron chi connectivity index (χ1n) is 11.7. The molecule has 38 heavy (non-hydrogen) atoms. The molecule has 2 N–H and O–H groups in total. The molecular formula is C27H26ClF3N3O2PS. The molecule has 0 unspecified atom stereocenters. The lowest BCUT2D eigenvalue weighted by Gasteiger charge is -2.33. The van der Waals surface area contributed by atoms with Crippen molar-refractivity contribution in [3.8, 4) is 11.1 Å². The molecule has 3 aromatic carbocycles. The Bertz CT molecular complexity index is 1510. The maximum atomic E-state index is 15.4. The van der Waals surface area contributed by atoms with Gasteiger partial charge < -0.3 is 14.8 Å². The van der Waals surface area contributed by atoms with Crippen LogP contribution in [0.1, 0.15) is 12.8 Å². The number of anilines is 2. The lowest BCUT2D eigenvalue weighted by Crippen LogP contribution is -2.53. The van der Waals surface area contributed by atoms with Gasteiger partial charge in [0, 0.05) is 22.4 Å². The molecule has 4 rings (SSSR count). The molecule has 3 aromatic rings. The van der Waals surface area contributed by atoms with Crippen LogP contribution >= 0.6 is 29.7 Å². The number of rotatable bonds is 5. The first-order chi connectivity index (χ1) is 18.0. The molecule has 1 aliphatic rings. The molecule has 0 radical (unpaired) electrons. The predicted molar refractivity (Wildman–Crippen MR) is 154 cm³/mol. The Balaban J connectivity index is 1.59. The number of amides is 1. The molecule has 1 heterocycles. The molecule has 0 aliphatic carbocycles. The third-order valence-electron chi connectivity index (χ3n) is 6.19. The van der Waals surface area contributed by atoms with Crippen molar-refractivity contribution in [1.82, 2.24) is 5.32 Å². The molecule has 11 heteroatoms. The van der Waals surface area contributed by atoms with Crippen LogP contribution in [-0.4, -0.2) is 42.8 Å². The van der Waals surface area contributed by atoms with Gasteiger partial charge in [-0.3, -0.25) is 10.1 Å². The summed E-state index contributed by atoms with van der Waals surface area (Å²) in [5.41, 5.74) is 0.279. The van der Waals surface area contributed by atoms with Crippen LogP contribution in [0.5, 0.6) is 0 Å². The highest BCUT2D eigenvalue weighted by Gasteiger charge is 2.33. The number of benzene rings is 3. The summed E-state index contributed by atoms with van der Waals surface area (Å²) in [6.07, 6.45) is 0.955. The van der Waals surface area contributed by atoms with Gasteiger partial charge in [0.2, 0.25) is 5.91 Å². The first kappa shape index (κ1) is 28.2.